The van der Waals surface area contributed by atoms with Crippen LogP contribution in [0.25, 0.3) is 0 Å². The van der Waals surface area contributed by atoms with Gasteiger partial charge in [-0.05, 0) is 0 Å². The molecule has 0 aliphatic rings. The van der Waals surface area contributed by atoms with Crippen LogP contribution in [0.4, 0.5) is 0 Å². The van der Waals surface area contributed by atoms with Crippen molar-refractivity contribution in [1.82, 2.24) is 0 Å². The lowest BCUT2D eigenvalue weighted by Crippen LogP contribution is -2.26. The van der Waals surface area contributed by atoms with Gasteiger partial charge in [-0.1, -0.05) is 13.8 Å². The third-order valence-electron chi connectivity index (χ3n) is 0.996. The summed E-state index contributed by atoms with van der Waals surface area (Å²) in [5.41, 5.74) is 9.80. The zero-order chi connectivity index (χ0) is 15.2. The van der Waals surface area contributed by atoms with Crippen LogP contribution in [0.1, 0.15) is 13.8 Å². The van der Waals surface area contributed by atoms with Gasteiger partial charge in [0.2, 0.25) is 0 Å². The Bertz CT molecular complexity index is 246. The fourth-order valence-electron chi connectivity index (χ4n) is 0.265. The standard InChI is InChI=1S/C3H8NO5P.C3H7NO2.C2H6/c4-3(1-5)2-9-10(6,7)8;4-3(1-5)2-6;1-2/h1,3H,2,4H2,(H2,6,7,8);1,3,6H,2,4H2;1-2H3/t2*3-;/m11./s1. The molecule has 0 rings (SSSR count). The summed E-state index contributed by atoms with van der Waals surface area (Å²) in [6.07, 6.45) is 0.843. The van der Waals surface area contributed by atoms with Crippen LogP contribution in [0.5, 0.6) is 0 Å². The van der Waals surface area contributed by atoms with Gasteiger partial charge in [0.05, 0.1) is 25.3 Å². The normalized spacial score (nSPS) is 13.1. The highest BCUT2D eigenvalue weighted by atomic mass is 31.2. The molecule has 10 heteroatoms. The molecule has 0 radical (unpaired) electrons. The number of carbonyl (C=O) groups excluding carboxylic acids is 2. The van der Waals surface area contributed by atoms with Gasteiger partial charge in [-0.25, -0.2) is 4.57 Å². The van der Waals surface area contributed by atoms with E-state index in [2.05, 4.69) is 4.52 Å². The van der Waals surface area contributed by atoms with E-state index in [1.54, 1.807) is 0 Å². The molecule has 0 aromatic rings. The second kappa shape index (κ2) is 14.4. The van der Waals surface area contributed by atoms with Gasteiger partial charge in [-0.3, -0.25) is 4.52 Å². The molecule has 0 saturated carbocycles. The Morgan fingerprint density at radius 3 is 1.72 bits per heavy atom. The quantitative estimate of drug-likeness (QED) is 0.277. The summed E-state index contributed by atoms with van der Waals surface area (Å²) in [6, 6.07) is -1.67. The van der Waals surface area contributed by atoms with Crippen LogP contribution in [0.2, 0.25) is 0 Å². The molecular weight excluding hydrogens is 267 g/mol. The second-order valence-corrected chi connectivity index (χ2v) is 3.81. The van der Waals surface area contributed by atoms with E-state index in [9.17, 15) is 14.2 Å². The number of rotatable bonds is 6. The summed E-state index contributed by atoms with van der Waals surface area (Å²) in [6.45, 7) is 3.28. The molecule has 2 atom stereocenters. The summed E-state index contributed by atoms with van der Waals surface area (Å²) in [4.78, 5) is 35.4. The topological polar surface area (TPSA) is 173 Å². The molecule has 0 unspecified atom stereocenters. The summed E-state index contributed by atoms with van der Waals surface area (Å²) < 4.78 is 13.8. The highest BCUT2D eigenvalue weighted by Crippen LogP contribution is 2.35. The van der Waals surface area contributed by atoms with E-state index in [1.165, 1.54) is 0 Å². The van der Waals surface area contributed by atoms with Gasteiger partial charge < -0.3 is 35.9 Å². The molecular formula is C8H21N2O7P. The lowest BCUT2D eigenvalue weighted by atomic mass is 10.4. The van der Waals surface area contributed by atoms with Crippen molar-refractivity contribution in [3.8, 4) is 0 Å². The van der Waals surface area contributed by atoms with Crippen LogP contribution in [0.3, 0.4) is 0 Å². The van der Waals surface area contributed by atoms with Crippen molar-refractivity contribution in [2.75, 3.05) is 13.2 Å². The van der Waals surface area contributed by atoms with Crippen LogP contribution < -0.4 is 11.5 Å². The Morgan fingerprint density at radius 1 is 1.17 bits per heavy atom. The van der Waals surface area contributed by atoms with E-state index in [1.807, 2.05) is 13.8 Å². The Kier molecular flexibility index (Phi) is 18.0. The largest absolute Gasteiger partial charge is 0.469 e. The minimum atomic E-state index is -4.47. The van der Waals surface area contributed by atoms with E-state index < -0.39 is 26.5 Å². The lowest BCUT2D eigenvalue weighted by molar-refractivity contribution is -0.110. The van der Waals surface area contributed by atoms with Crippen molar-refractivity contribution in [1.29, 1.82) is 0 Å². The van der Waals surface area contributed by atoms with Crippen molar-refractivity contribution in [2.24, 2.45) is 11.5 Å². The van der Waals surface area contributed by atoms with E-state index in [4.69, 9.17) is 26.4 Å². The predicted octanol–water partition coefficient (Wildman–Crippen LogP) is -1.85. The number of aliphatic hydroxyl groups excluding tert-OH is 1. The number of aliphatic hydroxyl groups is 1. The summed E-state index contributed by atoms with van der Waals surface area (Å²) >= 11 is 0. The third-order valence-corrected chi connectivity index (χ3v) is 1.48. The summed E-state index contributed by atoms with van der Waals surface area (Å²) in [5.74, 6) is 0. The molecule has 110 valence electrons. The SMILES string of the molecule is CC.N[C@H](C=O)CO.N[C@H](C=O)COP(=O)(O)O. The molecule has 0 aliphatic heterocycles. The van der Waals surface area contributed by atoms with Crippen LogP contribution >= 0.6 is 7.82 Å². The van der Waals surface area contributed by atoms with Gasteiger partial charge in [0.25, 0.3) is 0 Å². The van der Waals surface area contributed by atoms with E-state index in [0.29, 0.717) is 12.6 Å². The molecule has 0 saturated heterocycles. The monoisotopic (exact) mass is 288 g/mol. The molecule has 0 heterocycles. The van der Waals surface area contributed by atoms with E-state index >= 15 is 0 Å². The fourth-order valence-corrected chi connectivity index (χ4v) is 0.632. The number of phosphoric ester groups is 1. The van der Waals surface area contributed by atoms with Gasteiger partial charge in [0.15, 0.2) is 0 Å². The lowest BCUT2D eigenvalue weighted by Gasteiger charge is -2.05. The molecule has 0 spiro atoms. The Labute approximate surface area is 105 Å². The number of phosphoric acid groups is 1. The first-order valence-electron chi connectivity index (χ1n) is 4.99. The maximum absolute atomic E-state index is 9.95. The first-order valence-corrected chi connectivity index (χ1v) is 6.52. The maximum atomic E-state index is 9.95. The first-order chi connectivity index (χ1) is 8.26. The highest BCUT2D eigenvalue weighted by molar-refractivity contribution is 7.46. The summed E-state index contributed by atoms with van der Waals surface area (Å²) in [5, 5.41) is 7.98. The van der Waals surface area contributed by atoms with Gasteiger partial charge in [0.1, 0.15) is 12.6 Å². The van der Waals surface area contributed by atoms with Crippen molar-refractivity contribution in [2.45, 2.75) is 25.9 Å². The van der Waals surface area contributed by atoms with E-state index in [-0.39, 0.29) is 6.61 Å². The number of aldehydes is 2. The molecule has 7 N–H and O–H groups in total. The Balaban J connectivity index is -0.000000241. The van der Waals surface area contributed by atoms with Gasteiger partial charge in [-0.15, -0.1) is 0 Å². The number of hydrogen-bond acceptors (Lipinski definition) is 7. The molecule has 9 nitrogen and oxygen atoms in total. The average molecular weight is 288 g/mol. The van der Waals surface area contributed by atoms with E-state index in [0.717, 1.165) is 0 Å². The van der Waals surface area contributed by atoms with Crippen LogP contribution in [0, 0.1) is 0 Å². The van der Waals surface area contributed by atoms with Gasteiger partial charge in [-0.2, -0.15) is 0 Å². The number of hydrogen-bond donors (Lipinski definition) is 5. The molecule has 0 aliphatic carbocycles. The molecule has 0 aromatic carbocycles. The highest BCUT2D eigenvalue weighted by Gasteiger charge is 2.15. The third kappa shape index (κ3) is 24.5. The molecule has 0 bridgehead atoms. The van der Waals surface area contributed by atoms with Crippen LogP contribution in [-0.4, -0.2) is 52.8 Å². The zero-order valence-electron chi connectivity index (χ0n) is 10.3. The van der Waals surface area contributed by atoms with Gasteiger partial charge in [0, 0.05) is 0 Å². The Morgan fingerprint density at radius 2 is 1.56 bits per heavy atom. The van der Waals surface area contributed by atoms with Crippen molar-refractivity contribution in [3.05, 3.63) is 0 Å². The molecule has 0 amide bonds. The number of nitrogens with two attached hydrogens (primary N) is 2. The van der Waals surface area contributed by atoms with Crippen LogP contribution in [-0.2, 0) is 18.7 Å². The minimum absolute atomic E-state index is 0.260. The maximum Gasteiger partial charge on any atom is 0.469 e. The average Bonchev–Trinajstić information content (AvgIpc) is 2.37. The van der Waals surface area contributed by atoms with Crippen molar-refractivity contribution < 1.29 is 33.6 Å². The number of carbonyl (C=O) groups is 2. The second-order valence-electron chi connectivity index (χ2n) is 2.57. The minimum Gasteiger partial charge on any atom is -0.394 e. The molecule has 0 aromatic heterocycles. The van der Waals surface area contributed by atoms with Crippen molar-refractivity contribution in [3.63, 3.8) is 0 Å². The fraction of sp³-hybridized carbons (Fsp3) is 0.750. The predicted molar refractivity (Wildman–Crippen MR) is 64.5 cm³/mol. The van der Waals surface area contributed by atoms with Crippen LogP contribution in [0.15, 0.2) is 0 Å². The Hall–Kier alpha value is -0.670. The first kappa shape index (κ1) is 22.5. The molecule has 0 fully saturated rings. The zero-order valence-corrected chi connectivity index (χ0v) is 11.2. The van der Waals surface area contributed by atoms with Crippen molar-refractivity contribution >= 4 is 20.4 Å². The summed E-state index contributed by atoms with van der Waals surface area (Å²) in [7, 11) is -4.47. The van der Waals surface area contributed by atoms with Gasteiger partial charge >= 0.3 is 7.82 Å². The smallest absolute Gasteiger partial charge is 0.394 e. The molecule has 18 heavy (non-hydrogen) atoms.